The highest BCUT2D eigenvalue weighted by atomic mass is 79.9. The highest BCUT2D eigenvalue weighted by Gasteiger charge is 2.48. The number of benzene rings is 2. The first-order valence-electron chi connectivity index (χ1n) is 8.32. The molecule has 0 saturated carbocycles. The van der Waals surface area contributed by atoms with Gasteiger partial charge in [0.1, 0.15) is 28.2 Å². The summed E-state index contributed by atoms with van der Waals surface area (Å²) >= 11 is 3.05. The molecule has 1 heterocycles. The van der Waals surface area contributed by atoms with E-state index in [1.54, 1.807) is 6.92 Å². The number of rotatable bonds is 4. The second kappa shape index (κ2) is 7.73. The van der Waals surface area contributed by atoms with Crippen LogP contribution in [0.25, 0.3) is 10.9 Å². The average molecular weight is 510 g/mol. The van der Waals surface area contributed by atoms with Crippen molar-refractivity contribution in [1.29, 1.82) is 0 Å². The van der Waals surface area contributed by atoms with E-state index in [4.69, 9.17) is 0 Å². The van der Waals surface area contributed by atoms with Gasteiger partial charge >= 0.3 is 5.51 Å². The van der Waals surface area contributed by atoms with Crippen molar-refractivity contribution in [1.82, 2.24) is 9.97 Å². The molecule has 0 amide bonds. The summed E-state index contributed by atoms with van der Waals surface area (Å²) < 4.78 is 90.5. The van der Waals surface area contributed by atoms with Gasteiger partial charge in [0.15, 0.2) is 0 Å². The minimum atomic E-state index is -5.86. The Hall–Kier alpha value is -2.34. The second-order valence-corrected chi connectivity index (χ2v) is 9.14. The predicted octanol–water partition coefficient (Wildman–Crippen LogP) is 5.45. The molecular formula is C18H13BrF5N3O2S. The van der Waals surface area contributed by atoms with Crippen molar-refractivity contribution in [3.63, 3.8) is 0 Å². The van der Waals surface area contributed by atoms with Crippen molar-refractivity contribution in [2.24, 2.45) is 0 Å². The van der Waals surface area contributed by atoms with Crippen LogP contribution in [-0.4, -0.2) is 23.9 Å². The van der Waals surface area contributed by atoms with E-state index in [9.17, 15) is 30.4 Å². The Labute approximate surface area is 176 Å². The van der Waals surface area contributed by atoms with Gasteiger partial charge in [-0.25, -0.2) is 27.2 Å². The van der Waals surface area contributed by atoms with Crippen molar-refractivity contribution >= 4 is 42.5 Å². The molecule has 1 atom stereocenters. The Balaban J connectivity index is 2.07. The second-order valence-electron chi connectivity index (χ2n) is 6.38. The van der Waals surface area contributed by atoms with E-state index < -0.39 is 37.9 Å². The van der Waals surface area contributed by atoms with Gasteiger partial charge in [-0.3, -0.25) is 0 Å². The number of hydrogen-bond donors (Lipinski definition) is 1. The van der Waals surface area contributed by atoms with E-state index in [0.717, 1.165) is 12.1 Å². The summed E-state index contributed by atoms with van der Waals surface area (Å²) in [6, 6.07) is 4.33. The molecule has 3 rings (SSSR count). The molecule has 0 bridgehead atoms. The topological polar surface area (TPSA) is 72.0 Å². The number of nitrogens with zero attached hydrogens (tertiary/aromatic N) is 2. The van der Waals surface area contributed by atoms with E-state index in [0.29, 0.717) is 11.5 Å². The zero-order chi connectivity index (χ0) is 22.4. The van der Waals surface area contributed by atoms with Gasteiger partial charge in [-0.2, -0.15) is 13.2 Å². The molecule has 0 unspecified atom stereocenters. The van der Waals surface area contributed by atoms with Crippen LogP contribution in [0, 0.1) is 18.6 Å². The summed E-state index contributed by atoms with van der Waals surface area (Å²) in [5.74, 6) is -1.63. The van der Waals surface area contributed by atoms with Gasteiger partial charge in [0.25, 0.3) is 9.84 Å². The van der Waals surface area contributed by atoms with Crippen LogP contribution in [0.15, 0.2) is 39.7 Å². The molecule has 0 saturated heterocycles. The maximum absolute atomic E-state index is 14.8. The third-order valence-corrected chi connectivity index (χ3v) is 6.37. The van der Waals surface area contributed by atoms with Crippen LogP contribution >= 0.6 is 15.9 Å². The Morgan fingerprint density at radius 2 is 1.80 bits per heavy atom. The fourth-order valence-electron chi connectivity index (χ4n) is 2.83. The van der Waals surface area contributed by atoms with Gasteiger partial charge in [-0.15, -0.1) is 0 Å². The fraction of sp³-hybridized carbons (Fsp3) is 0.222. The van der Waals surface area contributed by atoms with Crippen LogP contribution in [0.4, 0.5) is 27.8 Å². The van der Waals surface area contributed by atoms with E-state index in [2.05, 4.69) is 31.2 Å². The van der Waals surface area contributed by atoms with Crippen LogP contribution < -0.4 is 5.32 Å². The molecule has 30 heavy (non-hydrogen) atoms. The molecule has 160 valence electrons. The summed E-state index contributed by atoms with van der Waals surface area (Å²) in [7, 11) is -5.86. The minimum Gasteiger partial charge on any atom is -0.363 e. The van der Waals surface area contributed by atoms with Gasteiger partial charge in [0.2, 0.25) is 0 Å². The monoisotopic (exact) mass is 509 g/mol. The van der Waals surface area contributed by atoms with E-state index in [1.807, 2.05) is 0 Å². The van der Waals surface area contributed by atoms with Crippen LogP contribution in [-0.2, 0) is 9.84 Å². The zero-order valence-corrected chi connectivity index (χ0v) is 17.8. The Bertz CT molecular complexity index is 1250. The normalized spacial score (nSPS) is 13.5. The molecule has 0 aliphatic heterocycles. The summed E-state index contributed by atoms with van der Waals surface area (Å²) in [4.78, 5) is 6.85. The van der Waals surface area contributed by atoms with Crippen molar-refractivity contribution in [3.8, 4) is 0 Å². The minimum absolute atomic E-state index is 0.127. The number of alkyl halides is 3. The summed E-state index contributed by atoms with van der Waals surface area (Å²) in [5, 5.41) is 3.21. The third kappa shape index (κ3) is 3.97. The number of fused-ring (bicyclic) bond motifs is 1. The lowest BCUT2D eigenvalue weighted by Gasteiger charge is -2.19. The molecule has 5 nitrogen and oxygen atoms in total. The largest absolute Gasteiger partial charge is 0.502 e. The molecule has 0 spiro atoms. The number of aryl methyl sites for hydroxylation is 1. The quantitative estimate of drug-likeness (QED) is 0.473. The van der Waals surface area contributed by atoms with Crippen LogP contribution in [0.3, 0.4) is 0 Å². The molecule has 0 aliphatic rings. The molecule has 12 heteroatoms. The Morgan fingerprint density at radius 1 is 1.13 bits per heavy atom. The van der Waals surface area contributed by atoms with Crippen molar-refractivity contribution in [3.05, 3.63) is 57.8 Å². The lowest BCUT2D eigenvalue weighted by Crippen LogP contribution is -2.25. The van der Waals surface area contributed by atoms with Gasteiger partial charge in [-0.1, -0.05) is 12.1 Å². The molecule has 1 aromatic heterocycles. The van der Waals surface area contributed by atoms with Gasteiger partial charge in [-0.05, 0) is 41.9 Å². The molecule has 0 fully saturated rings. The third-order valence-electron chi connectivity index (χ3n) is 4.26. The molecule has 0 aliphatic carbocycles. The molecular weight excluding hydrogens is 497 g/mol. The van der Waals surface area contributed by atoms with Gasteiger partial charge < -0.3 is 5.32 Å². The first-order chi connectivity index (χ1) is 13.8. The van der Waals surface area contributed by atoms with E-state index >= 15 is 0 Å². The number of halogens is 6. The first-order valence-corrected chi connectivity index (χ1v) is 10.6. The standard InChI is InChI=1S/C18H13BrF5N3O2S/c1-8(10-4-3-5-15(16(10)21)30(28,29)18(22,23)24)25-17-11-6-12(19)13(20)7-14(11)26-9(2)27-17/h3-8H,1-2H3,(H,25,26,27)/t8-/m1/s1. The number of nitrogens with one attached hydrogen (secondary N) is 1. The predicted molar refractivity (Wildman–Crippen MR) is 104 cm³/mol. The van der Waals surface area contributed by atoms with Crippen molar-refractivity contribution in [2.75, 3.05) is 5.32 Å². The van der Waals surface area contributed by atoms with E-state index in [-0.39, 0.29) is 27.2 Å². The highest BCUT2D eigenvalue weighted by molar-refractivity contribution is 9.10. The average Bonchev–Trinajstić information content (AvgIpc) is 2.62. The number of hydrogen-bond acceptors (Lipinski definition) is 5. The molecule has 2 aromatic carbocycles. The highest BCUT2D eigenvalue weighted by Crippen LogP contribution is 2.35. The van der Waals surface area contributed by atoms with Gasteiger partial charge in [0.05, 0.1) is 16.0 Å². The Morgan fingerprint density at radius 3 is 2.43 bits per heavy atom. The first kappa shape index (κ1) is 22.3. The van der Waals surface area contributed by atoms with Crippen molar-refractivity contribution < 1.29 is 30.4 Å². The summed E-state index contributed by atoms with van der Waals surface area (Å²) in [6.07, 6.45) is 0. The van der Waals surface area contributed by atoms with Gasteiger partial charge in [0, 0.05) is 17.0 Å². The van der Waals surface area contributed by atoms with E-state index in [1.165, 1.54) is 19.1 Å². The SMILES string of the molecule is Cc1nc(N[C@H](C)c2cccc(S(=O)(=O)C(F)(F)F)c2F)c2cc(Br)c(F)cc2n1. The Kier molecular flexibility index (Phi) is 5.76. The molecule has 1 N–H and O–H groups in total. The maximum atomic E-state index is 14.8. The number of anilines is 1. The lowest BCUT2D eigenvalue weighted by atomic mass is 10.1. The lowest BCUT2D eigenvalue weighted by molar-refractivity contribution is -0.0437. The maximum Gasteiger partial charge on any atom is 0.502 e. The molecule has 0 radical (unpaired) electrons. The van der Waals surface area contributed by atoms with Crippen LogP contribution in [0.2, 0.25) is 0 Å². The summed E-state index contributed by atoms with van der Waals surface area (Å²) in [5.41, 5.74) is -5.70. The fourth-order valence-corrected chi connectivity index (χ4v) is 4.03. The van der Waals surface area contributed by atoms with Crippen molar-refractivity contribution in [2.45, 2.75) is 30.3 Å². The number of sulfone groups is 1. The number of aromatic nitrogens is 2. The van der Waals surface area contributed by atoms with Crippen LogP contribution in [0.1, 0.15) is 24.4 Å². The zero-order valence-electron chi connectivity index (χ0n) is 15.4. The molecule has 3 aromatic rings. The smallest absolute Gasteiger partial charge is 0.363 e. The van der Waals surface area contributed by atoms with Crippen LogP contribution in [0.5, 0.6) is 0 Å². The summed E-state index contributed by atoms with van der Waals surface area (Å²) in [6.45, 7) is 2.97.